The van der Waals surface area contributed by atoms with Crippen LogP contribution in [-0.2, 0) is 20.6 Å². The Morgan fingerprint density at radius 2 is 1.87 bits per heavy atom. The van der Waals surface area contributed by atoms with Gasteiger partial charge in [-0.2, -0.15) is 11.8 Å². The lowest BCUT2D eigenvalue weighted by Gasteiger charge is -2.28. The normalized spacial score (nSPS) is 12.5. The average molecular weight is 497 g/mol. The van der Waals surface area contributed by atoms with E-state index in [1.165, 1.54) is 18.7 Å². The summed E-state index contributed by atoms with van der Waals surface area (Å²) in [5.41, 5.74) is 0.776. The van der Waals surface area contributed by atoms with Crippen LogP contribution >= 0.6 is 35.0 Å². The summed E-state index contributed by atoms with van der Waals surface area (Å²) >= 11 is 13.5. The molecule has 1 N–H and O–H groups in total. The van der Waals surface area contributed by atoms with E-state index < -0.39 is 33.6 Å². The molecule has 0 fully saturated rings. The number of rotatable bonds is 9. The molecule has 0 saturated carbocycles. The first kappa shape index (κ1) is 24.7. The van der Waals surface area contributed by atoms with Gasteiger partial charge in [-0.15, -0.1) is 0 Å². The van der Waals surface area contributed by atoms with Gasteiger partial charge in [0.2, 0.25) is 15.9 Å². The molecule has 0 aliphatic rings. The van der Waals surface area contributed by atoms with Crippen molar-refractivity contribution in [2.75, 3.05) is 22.9 Å². The predicted molar refractivity (Wildman–Crippen MR) is 119 cm³/mol. The zero-order valence-corrected chi connectivity index (χ0v) is 19.3. The summed E-state index contributed by atoms with van der Waals surface area (Å²) in [6.07, 6.45) is 0.893. The fraction of sp³-hybridized carbons (Fsp3) is 0.316. The molecule has 11 heteroatoms. The maximum atomic E-state index is 13.6. The van der Waals surface area contributed by atoms with Gasteiger partial charge in [0.25, 0.3) is 0 Å². The Morgan fingerprint density at radius 1 is 1.17 bits per heavy atom. The minimum Gasteiger partial charge on any atom is -0.353 e. The standard InChI is InChI=1S/C19H20Cl2F2N2O3S2/c1-12(25(30(2,27)28)15-5-6-17(22)18(23)10-15)19(26)24-7-8-29-11-13-3-4-14(20)9-16(13)21/h3-6,9-10,12H,7-8,11H2,1-2H3,(H,24,26). The Hall–Kier alpha value is -1.55. The third kappa shape index (κ3) is 6.73. The van der Waals surface area contributed by atoms with Crippen LogP contribution in [0.15, 0.2) is 36.4 Å². The first-order valence-corrected chi connectivity index (χ1v) is 12.5. The number of carbonyl (C=O) groups excluding carboxylic acids is 1. The first-order valence-electron chi connectivity index (χ1n) is 8.74. The van der Waals surface area contributed by atoms with Crippen molar-refractivity contribution in [1.82, 2.24) is 5.32 Å². The molecule has 2 aromatic carbocycles. The lowest BCUT2D eigenvalue weighted by molar-refractivity contribution is -0.121. The zero-order chi connectivity index (χ0) is 22.5. The maximum absolute atomic E-state index is 13.6. The molecule has 0 aromatic heterocycles. The minimum absolute atomic E-state index is 0.134. The van der Waals surface area contributed by atoms with E-state index in [4.69, 9.17) is 23.2 Å². The highest BCUT2D eigenvalue weighted by molar-refractivity contribution is 7.98. The highest BCUT2D eigenvalue weighted by Crippen LogP contribution is 2.25. The van der Waals surface area contributed by atoms with Gasteiger partial charge in [-0.3, -0.25) is 9.10 Å². The van der Waals surface area contributed by atoms with Gasteiger partial charge in [-0.1, -0.05) is 29.3 Å². The summed E-state index contributed by atoms with van der Waals surface area (Å²) in [5.74, 6) is -1.70. The van der Waals surface area contributed by atoms with E-state index in [9.17, 15) is 22.0 Å². The van der Waals surface area contributed by atoms with Gasteiger partial charge < -0.3 is 5.32 Å². The number of sulfonamides is 1. The number of thioether (sulfide) groups is 1. The molecule has 0 heterocycles. The molecule has 0 aliphatic heterocycles. The largest absolute Gasteiger partial charge is 0.353 e. The van der Waals surface area contributed by atoms with Crippen LogP contribution in [0.25, 0.3) is 0 Å². The van der Waals surface area contributed by atoms with Crippen LogP contribution < -0.4 is 9.62 Å². The predicted octanol–water partition coefficient (Wildman–Crippen LogP) is 4.48. The quantitative estimate of drug-likeness (QED) is 0.519. The van der Waals surface area contributed by atoms with Gasteiger partial charge in [0.05, 0.1) is 11.9 Å². The second-order valence-electron chi connectivity index (χ2n) is 6.41. The zero-order valence-electron chi connectivity index (χ0n) is 16.2. The van der Waals surface area contributed by atoms with E-state index in [1.807, 2.05) is 6.07 Å². The number of nitrogens with one attached hydrogen (secondary N) is 1. The molecule has 5 nitrogen and oxygen atoms in total. The van der Waals surface area contributed by atoms with E-state index in [0.717, 1.165) is 34.3 Å². The minimum atomic E-state index is -3.92. The monoisotopic (exact) mass is 496 g/mol. The Bertz CT molecular complexity index is 1020. The number of hydrogen-bond acceptors (Lipinski definition) is 4. The van der Waals surface area contributed by atoms with Crippen molar-refractivity contribution in [1.29, 1.82) is 0 Å². The molecule has 0 spiro atoms. The molecule has 1 amide bonds. The Morgan fingerprint density at radius 3 is 2.47 bits per heavy atom. The molecule has 2 rings (SSSR count). The first-order chi connectivity index (χ1) is 14.0. The Balaban J connectivity index is 1.94. The number of carbonyl (C=O) groups is 1. The molecular weight excluding hydrogens is 477 g/mol. The highest BCUT2D eigenvalue weighted by atomic mass is 35.5. The van der Waals surface area contributed by atoms with Crippen LogP contribution in [0.2, 0.25) is 10.0 Å². The third-order valence-electron chi connectivity index (χ3n) is 4.06. The summed E-state index contributed by atoms with van der Waals surface area (Å²) in [5, 5.41) is 3.76. The van der Waals surface area contributed by atoms with E-state index in [2.05, 4.69) is 5.32 Å². The van der Waals surface area contributed by atoms with Crippen molar-refractivity contribution in [3.05, 3.63) is 63.6 Å². The molecule has 2 aromatic rings. The van der Waals surface area contributed by atoms with E-state index in [0.29, 0.717) is 21.6 Å². The second kappa shape index (κ2) is 10.7. The van der Waals surface area contributed by atoms with E-state index in [1.54, 1.807) is 12.1 Å². The number of nitrogens with zero attached hydrogens (tertiary/aromatic N) is 1. The van der Waals surface area contributed by atoms with Gasteiger partial charge in [0.15, 0.2) is 11.6 Å². The van der Waals surface area contributed by atoms with E-state index in [-0.39, 0.29) is 12.2 Å². The van der Waals surface area contributed by atoms with Gasteiger partial charge in [0, 0.05) is 34.2 Å². The van der Waals surface area contributed by atoms with Crippen LogP contribution in [0.1, 0.15) is 12.5 Å². The van der Waals surface area contributed by atoms with Crippen molar-refractivity contribution in [2.24, 2.45) is 0 Å². The lowest BCUT2D eigenvalue weighted by Crippen LogP contribution is -2.48. The molecule has 0 radical (unpaired) electrons. The molecule has 1 atom stereocenters. The van der Waals surface area contributed by atoms with Crippen LogP contribution in [0.5, 0.6) is 0 Å². The van der Waals surface area contributed by atoms with Crippen LogP contribution in [0.3, 0.4) is 0 Å². The summed E-state index contributed by atoms with van der Waals surface area (Å²) in [6.45, 7) is 1.66. The number of amides is 1. The molecule has 0 aliphatic carbocycles. The molecule has 164 valence electrons. The smallest absolute Gasteiger partial charge is 0.243 e. The molecule has 30 heavy (non-hydrogen) atoms. The number of anilines is 1. The van der Waals surface area contributed by atoms with Crippen LogP contribution in [0, 0.1) is 11.6 Å². The summed E-state index contributed by atoms with van der Waals surface area (Å²) in [4.78, 5) is 12.5. The van der Waals surface area contributed by atoms with Crippen LogP contribution in [0.4, 0.5) is 14.5 Å². The van der Waals surface area contributed by atoms with Gasteiger partial charge in [-0.05, 0) is 36.8 Å². The summed E-state index contributed by atoms with van der Waals surface area (Å²) in [6, 6.07) is 6.73. The Labute approximate surface area is 188 Å². The van der Waals surface area contributed by atoms with Gasteiger partial charge >= 0.3 is 0 Å². The van der Waals surface area contributed by atoms with Crippen molar-refractivity contribution >= 4 is 56.6 Å². The Kier molecular flexibility index (Phi) is 8.78. The molecule has 0 saturated heterocycles. The van der Waals surface area contributed by atoms with Crippen molar-refractivity contribution in [3.8, 4) is 0 Å². The maximum Gasteiger partial charge on any atom is 0.243 e. The van der Waals surface area contributed by atoms with E-state index >= 15 is 0 Å². The number of hydrogen-bond donors (Lipinski definition) is 1. The third-order valence-corrected chi connectivity index (χ3v) is 6.90. The van der Waals surface area contributed by atoms with Gasteiger partial charge in [-0.25, -0.2) is 17.2 Å². The SMILES string of the molecule is CC(C(=O)NCCSCc1ccc(Cl)cc1Cl)N(c1ccc(F)c(F)c1)S(C)(=O)=O. The number of benzene rings is 2. The van der Waals surface area contributed by atoms with Gasteiger partial charge in [0.1, 0.15) is 6.04 Å². The molecule has 0 bridgehead atoms. The fourth-order valence-electron chi connectivity index (χ4n) is 2.65. The summed E-state index contributed by atoms with van der Waals surface area (Å²) in [7, 11) is -3.92. The van der Waals surface area contributed by atoms with Crippen LogP contribution in [-0.4, -0.2) is 38.9 Å². The lowest BCUT2D eigenvalue weighted by atomic mass is 10.2. The number of halogens is 4. The second-order valence-corrected chi connectivity index (χ2v) is 10.2. The highest BCUT2D eigenvalue weighted by Gasteiger charge is 2.29. The van der Waals surface area contributed by atoms with Crippen molar-refractivity contribution in [2.45, 2.75) is 18.7 Å². The summed E-state index contributed by atoms with van der Waals surface area (Å²) < 4.78 is 51.8. The fourth-order valence-corrected chi connectivity index (χ4v) is 5.23. The van der Waals surface area contributed by atoms with Crippen molar-refractivity contribution in [3.63, 3.8) is 0 Å². The molecular formula is C19H20Cl2F2N2O3S2. The average Bonchev–Trinajstić information content (AvgIpc) is 2.64. The molecule has 1 unspecified atom stereocenters. The van der Waals surface area contributed by atoms with Crippen molar-refractivity contribution < 1.29 is 22.0 Å². The topological polar surface area (TPSA) is 66.5 Å².